The van der Waals surface area contributed by atoms with Gasteiger partial charge >= 0.3 is 0 Å². The normalized spacial score (nSPS) is 11.4. The molecule has 0 bridgehead atoms. The van der Waals surface area contributed by atoms with Crippen molar-refractivity contribution >= 4 is 0 Å². The molecule has 0 fully saturated rings. The lowest BCUT2D eigenvalue weighted by Crippen LogP contribution is -1.98. The largest absolute Gasteiger partial charge is 0.466 e. The van der Waals surface area contributed by atoms with Crippen molar-refractivity contribution in [3.63, 3.8) is 0 Å². The number of allylic oxidation sites excluding steroid dienone is 1. The van der Waals surface area contributed by atoms with Gasteiger partial charge in [-0.1, -0.05) is 13.8 Å². The Kier molecular flexibility index (Phi) is 7.00. The van der Waals surface area contributed by atoms with Crippen LogP contribution in [-0.2, 0) is 9.47 Å². The minimum Gasteiger partial charge on any atom is -0.466 e. The van der Waals surface area contributed by atoms with Crippen molar-refractivity contribution in [2.75, 3.05) is 13.2 Å². The zero-order valence-corrected chi connectivity index (χ0v) is 7.72. The summed E-state index contributed by atoms with van der Waals surface area (Å²) in [6, 6.07) is 0. The van der Waals surface area contributed by atoms with E-state index in [-0.39, 0.29) is 0 Å². The average Bonchev–Trinajstić information content (AvgIpc) is 2.01. The molecule has 0 aromatic heterocycles. The van der Waals surface area contributed by atoms with Crippen LogP contribution in [0.2, 0.25) is 0 Å². The predicted molar refractivity (Wildman–Crippen MR) is 46.2 cm³/mol. The van der Waals surface area contributed by atoms with Crippen molar-refractivity contribution in [1.82, 2.24) is 0 Å². The van der Waals surface area contributed by atoms with Crippen molar-refractivity contribution in [2.45, 2.75) is 33.6 Å². The maximum atomic E-state index is 5.31. The summed E-state index contributed by atoms with van der Waals surface area (Å²) in [6.45, 7) is 7.52. The van der Waals surface area contributed by atoms with Gasteiger partial charge in [0.05, 0.1) is 13.2 Å². The van der Waals surface area contributed by atoms with Crippen LogP contribution in [0.1, 0.15) is 33.6 Å². The van der Waals surface area contributed by atoms with E-state index >= 15 is 0 Å². The van der Waals surface area contributed by atoms with Crippen molar-refractivity contribution < 1.29 is 9.47 Å². The van der Waals surface area contributed by atoms with Gasteiger partial charge in [0.1, 0.15) is 0 Å². The first-order chi connectivity index (χ1) is 5.35. The highest BCUT2D eigenvalue weighted by Crippen LogP contribution is 2.01. The summed E-state index contributed by atoms with van der Waals surface area (Å²) in [7, 11) is 0. The smallest absolute Gasteiger partial charge is 0.274 e. The Bertz CT molecular complexity index is 108. The van der Waals surface area contributed by atoms with Crippen LogP contribution in [0.4, 0.5) is 0 Å². The molecule has 0 rings (SSSR count). The molecule has 0 aliphatic rings. The van der Waals surface area contributed by atoms with Crippen LogP contribution < -0.4 is 0 Å². The van der Waals surface area contributed by atoms with Crippen LogP contribution in [0.15, 0.2) is 12.0 Å². The second kappa shape index (κ2) is 7.45. The molecular formula is C9H18O2. The van der Waals surface area contributed by atoms with E-state index < -0.39 is 0 Å². The van der Waals surface area contributed by atoms with E-state index in [1.165, 1.54) is 0 Å². The summed E-state index contributed by atoms with van der Waals surface area (Å²) in [4.78, 5) is 0. The molecule has 0 saturated carbocycles. The Balaban J connectivity index is 3.60. The fourth-order valence-corrected chi connectivity index (χ4v) is 0.671. The maximum absolute atomic E-state index is 5.31. The number of hydrogen-bond acceptors (Lipinski definition) is 2. The SMILES string of the molecule is CCC=C(OCC)OCCC. The molecular weight excluding hydrogens is 140 g/mol. The molecule has 0 aromatic rings. The van der Waals surface area contributed by atoms with Gasteiger partial charge in [-0.05, 0) is 25.8 Å². The van der Waals surface area contributed by atoms with Gasteiger partial charge in [-0.15, -0.1) is 0 Å². The van der Waals surface area contributed by atoms with E-state index in [0.29, 0.717) is 12.6 Å². The standard InChI is InChI=1S/C9H18O2/c1-4-7-9(10-6-3)11-8-5-2/h7H,4-6,8H2,1-3H3. The van der Waals surface area contributed by atoms with Gasteiger partial charge in [0.15, 0.2) is 0 Å². The molecule has 66 valence electrons. The molecule has 0 aromatic carbocycles. The average molecular weight is 158 g/mol. The number of rotatable bonds is 6. The first kappa shape index (κ1) is 10.3. The molecule has 0 aliphatic heterocycles. The van der Waals surface area contributed by atoms with E-state index in [9.17, 15) is 0 Å². The molecule has 11 heavy (non-hydrogen) atoms. The van der Waals surface area contributed by atoms with Gasteiger partial charge in [-0.2, -0.15) is 0 Å². The lowest BCUT2D eigenvalue weighted by atomic mass is 10.4. The summed E-state index contributed by atoms with van der Waals surface area (Å²) in [6.07, 6.45) is 3.94. The molecule has 0 amide bonds. The number of hydrogen-bond donors (Lipinski definition) is 0. The van der Waals surface area contributed by atoms with Gasteiger partial charge < -0.3 is 9.47 Å². The van der Waals surface area contributed by atoms with Gasteiger partial charge in [0.2, 0.25) is 0 Å². The molecule has 0 unspecified atom stereocenters. The summed E-state index contributed by atoms with van der Waals surface area (Å²) in [5.74, 6) is 0.678. The predicted octanol–water partition coefficient (Wildman–Crippen LogP) is 2.70. The third-order valence-corrected chi connectivity index (χ3v) is 1.11. The van der Waals surface area contributed by atoms with Crippen LogP contribution in [0.3, 0.4) is 0 Å². The van der Waals surface area contributed by atoms with Gasteiger partial charge in [-0.3, -0.25) is 0 Å². The minimum absolute atomic E-state index is 0.676. The fourth-order valence-electron chi connectivity index (χ4n) is 0.671. The highest BCUT2D eigenvalue weighted by molar-refractivity contribution is 4.82. The van der Waals surface area contributed by atoms with Crippen molar-refractivity contribution in [3.8, 4) is 0 Å². The Labute approximate surface area is 69.2 Å². The van der Waals surface area contributed by atoms with Gasteiger partial charge in [-0.25, -0.2) is 0 Å². The molecule has 2 nitrogen and oxygen atoms in total. The van der Waals surface area contributed by atoms with E-state index in [1.807, 2.05) is 13.0 Å². The number of ether oxygens (including phenoxy) is 2. The van der Waals surface area contributed by atoms with E-state index in [0.717, 1.165) is 19.4 Å². The first-order valence-corrected chi connectivity index (χ1v) is 4.30. The maximum Gasteiger partial charge on any atom is 0.274 e. The Hall–Kier alpha value is -0.660. The molecule has 0 atom stereocenters. The van der Waals surface area contributed by atoms with Crippen LogP contribution in [0.25, 0.3) is 0 Å². The van der Waals surface area contributed by atoms with Crippen LogP contribution in [-0.4, -0.2) is 13.2 Å². The highest BCUT2D eigenvalue weighted by atomic mass is 16.7. The van der Waals surface area contributed by atoms with Crippen LogP contribution in [0, 0.1) is 0 Å². The summed E-state index contributed by atoms with van der Waals surface area (Å²) >= 11 is 0. The summed E-state index contributed by atoms with van der Waals surface area (Å²) < 4.78 is 10.5. The zero-order valence-electron chi connectivity index (χ0n) is 7.72. The highest BCUT2D eigenvalue weighted by Gasteiger charge is 1.94. The lowest BCUT2D eigenvalue weighted by molar-refractivity contribution is 0.0400. The van der Waals surface area contributed by atoms with Crippen LogP contribution in [0.5, 0.6) is 0 Å². The molecule has 0 aliphatic carbocycles. The van der Waals surface area contributed by atoms with Crippen LogP contribution >= 0.6 is 0 Å². The monoisotopic (exact) mass is 158 g/mol. The Morgan fingerprint density at radius 2 is 1.91 bits per heavy atom. The van der Waals surface area contributed by atoms with E-state index in [2.05, 4.69) is 13.8 Å². The molecule has 0 saturated heterocycles. The first-order valence-electron chi connectivity index (χ1n) is 4.30. The molecule has 2 heteroatoms. The minimum atomic E-state index is 0.676. The lowest BCUT2D eigenvalue weighted by Gasteiger charge is -2.08. The van der Waals surface area contributed by atoms with Crippen molar-refractivity contribution in [2.24, 2.45) is 0 Å². The molecule has 0 radical (unpaired) electrons. The Morgan fingerprint density at radius 1 is 1.18 bits per heavy atom. The van der Waals surface area contributed by atoms with Gasteiger partial charge in [0.25, 0.3) is 5.95 Å². The second-order valence-corrected chi connectivity index (χ2v) is 2.21. The van der Waals surface area contributed by atoms with Gasteiger partial charge in [0, 0.05) is 0 Å². The van der Waals surface area contributed by atoms with Crippen molar-refractivity contribution in [1.29, 1.82) is 0 Å². The second-order valence-electron chi connectivity index (χ2n) is 2.21. The molecule has 0 spiro atoms. The summed E-state index contributed by atoms with van der Waals surface area (Å²) in [5.41, 5.74) is 0. The third kappa shape index (κ3) is 5.77. The fraction of sp³-hybridized carbons (Fsp3) is 0.778. The molecule has 0 heterocycles. The quantitative estimate of drug-likeness (QED) is 0.553. The molecule has 0 N–H and O–H groups in total. The zero-order chi connectivity index (χ0) is 8.53. The third-order valence-electron chi connectivity index (χ3n) is 1.11. The summed E-state index contributed by atoms with van der Waals surface area (Å²) in [5, 5.41) is 0. The Morgan fingerprint density at radius 3 is 2.36 bits per heavy atom. The van der Waals surface area contributed by atoms with Crippen molar-refractivity contribution in [3.05, 3.63) is 12.0 Å². The van der Waals surface area contributed by atoms with E-state index in [1.54, 1.807) is 0 Å². The topological polar surface area (TPSA) is 18.5 Å². The van der Waals surface area contributed by atoms with E-state index in [4.69, 9.17) is 9.47 Å².